The first-order valence-corrected chi connectivity index (χ1v) is 4.66. The first kappa shape index (κ1) is 7.82. The highest BCUT2D eigenvalue weighted by atomic mass is 15.3. The SMILES string of the molecule is CN(C)C1Nc2c1cnc1cc[nH]c21. The van der Waals surface area contributed by atoms with Gasteiger partial charge in [0.25, 0.3) is 0 Å². The first-order valence-electron chi connectivity index (χ1n) is 4.66. The lowest BCUT2D eigenvalue weighted by Crippen LogP contribution is -2.35. The van der Waals surface area contributed by atoms with Gasteiger partial charge in [-0.2, -0.15) is 0 Å². The number of aromatic amines is 1. The molecule has 1 atom stereocenters. The molecule has 0 radical (unpaired) electrons. The fourth-order valence-electron chi connectivity index (χ4n) is 1.92. The third kappa shape index (κ3) is 0.834. The van der Waals surface area contributed by atoms with E-state index in [0.717, 1.165) is 11.0 Å². The molecular formula is C10H12N4. The predicted octanol–water partition coefficient (Wildman–Crippen LogP) is 1.55. The summed E-state index contributed by atoms with van der Waals surface area (Å²) >= 11 is 0. The predicted molar refractivity (Wildman–Crippen MR) is 56.1 cm³/mol. The summed E-state index contributed by atoms with van der Waals surface area (Å²) < 4.78 is 0. The Labute approximate surface area is 81.9 Å². The number of nitrogens with zero attached hydrogens (tertiary/aromatic N) is 2. The molecule has 0 spiro atoms. The Morgan fingerprint density at radius 1 is 1.43 bits per heavy atom. The van der Waals surface area contributed by atoms with Gasteiger partial charge >= 0.3 is 0 Å². The highest BCUT2D eigenvalue weighted by Crippen LogP contribution is 2.40. The van der Waals surface area contributed by atoms with E-state index >= 15 is 0 Å². The first-order chi connectivity index (χ1) is 6.77. The summed E-state index contributed by atoms with van der Waals surface area (Å²) in [5.41, 5.74) is 4.60. The zero-order valence-corrected chi connectivity index (χ0v) is 8.20. The van der Waals surface area contributed by atoms with Crippen LogP contribution in [0.2, 0.25) is 0 Å². The molecule has 14 heavy (non-hydrogen) atoms. The van der Waals surface area contributed by atoms with Crippen LogP contribution < -0.4 is 5.32 Å². The summed E-state index contributed by atoms with van der Waals surface area (Å²) in [7, 11) is 4.11. The average molecular weight is 188 g/mol. The van der Waals surface area contributed by atoms with Crippen LogP contribution in [0.3, 0.4) is 0 Å². The standard InChI is InChI=1S/C10H12N4/c1-14(2)10-6-5-12-7-3-4-11-9(7)8(6)13-10/h3-5,10-11,13H,1-2H3. The largest absolute Gasteiger partial charge is 0.364 e. The molecule has 3 heterocycles. The Hall–Kier alpha value is -1.55. The van der Waals surface area contributed by atoms with Crippen molar-refractivity contribution in [3.8, 4) is 0 Å². The Morgan fingerprint density at radius 2 is 2.29 bits per heavy atom. The van der Waals surface area contributed by atoms with Crippen LogP contribution in [0.15, 0.2) is 18.5 Å². The molecule has 2 aromatic rings. The Bertz CT molecular complexity index is 486. The van der Waals surface area contributed by atoms with Crippen LogP contribution in [0.4, 0.5) is 5.69 Å². The zero-order valence-electron chi connectivity index (χ0n) is 8.20. The van der Waals surface area contributed by atoms with Crippen LogP contribution in [-0.2, 0) is 0 Å². The summed E-state index contributed by atoms with van der Waals surface area (Å²) in [6.45, 7) is 0. The van der Waals surface area contributed by atoms with Crippen molar-refractivity contribution in [3.63, 3.8) is 0 Å². The maximum atomic E-state index is 4.39. The molecule has 1 unspecified atom stereocenters. The minimum absolute atomic E-state index is 0.310. The normalized spacial score (nSPS) is 19.2. The molecule has 2 N–H and O–H groups in total. The van der Waals surface area contributed by atoms with Gasteiger partial charge in [0.2, 0.25) is 0 Å². The third-order valence-corrected chi connectivity index (χ3v) is 2.70. The summed E-state index contributed by atoms with van der Waals surface area (Å²) in [5, 5.41) is 3.41. The number of fused-ring (bicyclic) bond motifs is 3. The number of nitrogens with one attached hydrogen (secondary N) is 2. The molecule has 0 amide bonds. The zero-order chi connectivity index (χ0) is 9.71. The van der Waals surface area contributed by atoms with Crippen molar-refractivity contribution in [2.75, 3.05) is 19.4 Å². The van der Waals surface area contributed by atoms with Crippen molar-refractivity contribution in [1.82, 2.24) is 14.9 Å². The van der Waals surface area contributed by atoms with Gasteiger partial charge in [-0.15, -0.1) is 0 Å². The molecule has 0 fully saturated rings. The Balaban J connectivity index is 2.18. The van der Waals surface area contributed by atoms with Crippen LogP contribution in [-0.4, -0.2) is 29.0 Å². The molecule has 72 valence electrons. The Kier molecular flexibility index (Phi) is 1.39. The second kappa shape index (κ2) is 2.48. The van der Waals surface area contributed by atoms with Crippen molar-refractivity contribution in [2.24, 2.45) is 0 Å². The lowest BCUT2D eigenvalue weighted by Gasteiger charge is -2.36. The summed E-state index contributed by atoms with van der Waals surface area (Å²) in [4.78, 5) is 9.72. The van der Waals surface area contributed by atoms with Crippen molar-refractivity contribution in [3.05, 3.63) is 24.0 Å². The van der Waals surface area contributed by atoms with E-state index in [0.29, 0.717) is 6.17 Å². The van der Waals surface area contributed by atoms with Crippen molar-refractivity contribution < 1.29 is 0 Å². The smallest absolute Gasteiger partial charge is 0.109 e. The molecule has 4 nitrogen and oxygen atoms in total. The molecule has 0 saturated carbocycles. The van der Waals surface area contributed by atoms with Crippen LogP contribution in [0, 0.1) is 0 Å². The monoisotopic (exact) mass is 188 g/mol. The third-order valence-electron chi connectivity index (χ3n) is 2.70. The van der Waals surface area contributed by atoms with Crippen molar-refractivity contribution >= 4 is 16.7 Å². The van der Waals surface area contributed by atoms with Crippen LogP contribution in [0.1, 0.15) is 11.7 Å². The van der Waals surface area contributed by atoms with Gasteiger partial charge < -0.3 is 10.3 Å². The highest BCUT2D eigenvalue weighted by molar-refractivity contribution is 5.93. The van der Waals surface area contributed by atoms with Crippen molar-refractivity contribution in [1.29, 1.82) is 0 Å². The quantitative estimate of drug-likeness (QED) is 0.713. The van der Waals surface area contributed by atoms with Gasteiger partial charge in [-0.05, 0) is 20.2 Å². The molecule has 0 aliphatic carbocycles. The van der Waals surface area contributed by atoms with Crippen LogP contribution in [0.5, 0.6) is 0 Å². The molecule has 0 aromatic carbocycles. The molecular weight excluding hydrogens is 176 g/mol. The second-order valence-electron chi connectivity index (χ2n) is 3.84. The fourth-order valence-corrected chi connectivity index (χ4v) is 1.92. The maximum absolute atomic E-state index is 4.39. The summed E-state index contributed by atoms with van der Waals surface area (Å²) in [5.74, 6) is 0. The molecule has 0 saturated heterocycles. The minimum atomic E-state index is 0.310. The van der Waals surface area contributed by atoms with Gasteiger partial charge in [0.05, 0.1) is 16.7 Å². The van der Waals surface area contributed by atoms with Crippen molar-refractivity contribution in [2.45, 2.75) is 6.17 Å². The number of rotatable bonds is 1. The number of aromatic nitrogens is 2. The highest BCUT2D eigenvalue weighted by Gasteiger charge is 2.29. The number of hydrogen-bond acceptors (Lipinski definition) is 3. The summed E-state index contributed by atoms with van der Waals surface area (Å²) in [6, 6.07) is 1.99. The van der Waals surface area contributed by atoms with E-state index in [2.05, 4.69) is 34.3 Å². The minimum Gasteiger partial charge on any atom is -0.364 e. The van der Waals surface area contributed by atoms with E-state index in [4.69, 9.17) is 0 Å². The second-order valence-corrected chi connectivity index (χ2v) is 3.84. The van der Waals surface area contributed by atoms with E-state index < -0.39 is 0 Å². The van der Waals surface area contributed by atoms with Crippen LogP contribution >= 0.6 is 0 Å². The molecule has 1 aliphatic rings. The van der Waals surface area contributed by atoms with Gasteiger partial charge in [-0.3, -0.25) is 9.88 Å². The van der Waals surface area contributed by atoms with Gasteiger partial charge in [0.15, 0.2) is 0 Å². The molecule has 1 aliphatic heterocycles. The molecule has 3 rings (SSSR count). The van der Waals surface area contributed by atoms with Gasteiger partial charge in [0, 0.05) is 18.0 Å². The van der Waals surface area contributed by atoms with E-state index in [-0.39, 0.29) is 0 Å². The average Bonchev–Trinajstić information content (AvgIpc) is 2.50. The molecule has 4 heteroatoms. The van der Waals surface area contributed by atoms with Gasteiger partial charge in [-0.25, -0.2) is 0 Å². The topological polar surface area (TPSA) is 44.0 Å². The number of hydrogen-bond donors (Lipinski definition) is 2. The molecule has 2 aromatic heterocycles. The lowest BCUT2D eigenvalue weighted by atomic mass is 10.0. The lowest BCUT2D eigenvalue weighted by molar-refractivity contribution is 0.314. The van der Waals surface area contributed by atoms with Gasteiger partial charge in [-0.1, -0.05) is 0 Å². The number of pyridine rings is 1. The van der Waals surface area contributed by atoms with E-state index in [9.17, 15) is 0 Å². The van der Waals surface area contributed by atoms with E-state index in [1.165, 1.54) is 11.3 Å². The van der Waals surface area contributed by atoms with E-state index in [1.54, 1.807) is 0 Å². The fraction of sp³-hybridized carbons (Fsp3) is 0.300. The number of H-pyrrole nitrogens is 1. The maximum Gasteiger partial charge on any atom is 0.109 e. The van der Waals surface area contributed by atoms with E-state index in [1.807, 2.05) is 18.5 Å². The molecule has 0 bridgehead atoms. The van der Waals surface area contributed by atoms with Gasteiger partial charge in [0.1, 0.15) is 6.17 Å². The number of anilines is 1. The Morgan fingerprint density at radius 3 is 3.07 bits per heavy atom. The summed E-state index contributed by atoms with van der Waals surface area (Å²) in [6.07, 6.45) is 4.18. The van der Waals surface area contributed by atoms with Crippen LogP contribution in [0.25, 0.3) is 11.0 Å².